The third-order valence-corrected chi connectivity index (χ3v) is 6.04. The minimum Gasteiger partial charge on any atom is -0.495 e. The molecular weight excluding hydrogens is 364 g/mol. The van der Waals surface area contributed by atoms with Crippen molar-refractivity contribution in [2.45, 2.75) is 31.1 Å². The van der Waals surface area contributed by atoms with Crippen LogP contribution in [0.25, 0.3) is 0 Å². The summed E-state index contributed by atoms with van der Waals surface area (Å²) in [6.07, 6.45) is 3.06. The van der Waals surface area contributed by atoms with Crippen molar-refractivity contribution in [1.29, 1.82) is 0 Å². The van der Waals surface area contributed by atoms with E-state index in [9.17, 15) is 13.2 Å². The molecule has 7 heteroatoms. The lowest BCUT2D eigenvalue weighted by atomic mass is 10.1. The van der Waals surface area contributed by atoms with E-state index in [0.717, 1.165) is 24.8 Å². The van der Waals surface area contributed by atoms with E-state index in [2.05, 4.69) is 4.72 Å². The van der Waals surface area contributed by atoms with Crippen LogP contribution in [0.5, 0.6) is 5.75 Å². The lowest BCUT2D eigenvalue weighted by Crippen LogP contribution is -2.36. The Hall–Kier alpha value is -2.54. The Morgan fingerprint density at radius 3 is 2.48 bits per heavy atom. The van der Waals surface area contributed by atoms with Gasteiger partial charge in [0.1, 0.15) is 10.6 Å². The first-order valence-electron chi connectivity index (χ1n) is 8.98. The van der Waals surface area contributed by atoms with Crippen molar-refractivity contribution in [3.8, 4) is 5.75 Å². The Balaban J connectivity index is 1.94. The molecule has 1 aliphatic rings. The van der Waals surface area contributed by atoms with Crippen LogP contribution >= 0.6 is 0 Å². The second-order valence-corrected chi connectivity index (χ2v) is 8.31. The van der Waals surface area contributed by atoms with Gasteiger partial charge in [0.15, 0.2) is 0 Å². The van der Waals surface area contributed by atoms with E-state index in [1.54, 1.807) is 47.4 Å². The normalized spacial score (nSPS) is 14.7. The molecule has 1 fully saturated rings. The lowest BCUT2D eigenvalue weighted by Gasteiger charge is -2.27. The number of aryl methyl sites for hydroxylation is 1. The highest BCUT2D eigenvalue weighted by Crippen LogP contribution is 2.28. The number of hydrogen-bond donors (Lipinski definition) is 1. The van der Waals surface area contributed by atoms with Gasteiger partial charge in [-0.1, -0.05) is 18.2 Å². The molecule has 0 atom stereocenters. The predicted octanol–water partition coefficient (Wildman–Crippen LogP) is 3.43. The molecule has 0 bridgehead atoms. The highest BCUT2D eigenvalue weighted by Gasteiger charge is 2.25. The van der Waals surface area contributed by atoms with Crippen LogP contribution in [0.3, 0.4) is 0 Å². The van der Waals surface area contributed by atoms with Crippen LogP contribution in [0.2, 0.25) is 0 Å². The average Bonchev–Trinajstić information content (AvgIpc) is 2.68. The summed E-state index contributed by atoms with van der Waals surface area (Å²) in [7, 11) is -2.48. The predicted molar refractivity (Wildman–Crippen MR) is 105 cm³/mol. The SMILES string of the molecule is COc1ccc(C)cc1S(=O)(=O)Nc1ccccc1C(=O)N1CCCCC1. The zero-order valence-corrected chi connectivity index (χ0v) is 16.4. The Labute approximate surface area is 160 Å². The molecule has 1 saturated heterocycles. The molecule has 0 saturated carbocycles. The molecule has 144 valence electrons. The first-order valence-corrected chi connectivity index (χ1v) is 10.5. The van der Waals surface area contributed by atoms with Crippen LogP contribution in [0.4, 0.5) is 5.69 Å². The topological polar surface area (TPSA) is 75.7 Å². The molecule has 0 unspecified atom stereocenters. The number of hydrogen-bond acceptors (Lipinski definition) is 4. The number of ether oxygens (including phenoxy) is 1. The summed E-state index contributed by atoms with van der Waals surface area (Å²) < 4.78 is 33.7. The van der Waals surface area contributed by atoms with E-state index in [4.69, 9.17) is 4.74 Å². The van der Waals surface area contributed by atoms with Crippen LogP contribution in [0.15, 0.2) is 47.4 Å². The van der Waals surface area contributed by atoms with E-state index in [0.29, 0.717) is 18.7 Å². The summed E-state index contributed by atoms with van der Waals surface area (Å²) in [5.74, 6) is 0.108. The third kappa shape index (κ3) is 4.24. The molecule has 0 aromatic heterocycles. The zero-order chi connectivity index (χ0) is 19.4. The fourth-order valence-electron chi connectivity index (χ4n) is 3.22. The highest BCUT2D eigenvalue weighted by molar-refractivity contribution is 7.92. The summed E-state index contributed by atoms with van der Waals surface area (Å²) in [5, 5.41) is 0. The second-order valence-electron chi connectivity index (χ2n) is 6.66. The van der Waals surface area contributed by atoms with Gasteiger partial charge in [0, 0.05) is 13.1 Å². The monoisotopic (exact) mass is 388 g/mol. The van der Waals surface area contributed by atoms with Crippen molar-refractivity contribution in [1.82, 2.24) is 4.90 Å². The van der Waals surface area contributed by atoms with Crippen LogP contribution in [-0.2, 0) is 10.0 Å². The number of methoxy groups -OCH3 is 1. The number of piperidine rings is 1. The molecule has 3 rings (SSSR count). The van der Waals surface area contributed by atoms with Gasteiger partial charge >= 0.3 is 0 Å². The first-order chi connectivity index (χ1) is 12.9. The molecule has 1 aliphatic heterocycles. The number of anilines is 1. The van der Waals surface area contributed by atoms with Crippen LogP contribution in [-0.4, -0.2) is 39.4 Å². The molecular formula is C20H24N2O4S. The smallest absolute Gasteiger partial charge is 0.265 e. The molecule has 2 aromatic rings. The lowest BCUT2D eigenvalue weighted by molar-refractivity contribution is 0.0725. The molecule has 0 radical (unpaired) electrons. The fraction of sp³-hybridized carbons (Fsp3) is 0.350. The number of nitrogens with zero attached hydrogens (tertiary/aromatic N) is 1. The molecule has 27 heavy (non-hydrogen) atoms. The third-order valence-electron chi connectivity index (χ3n) is 4.65. The van der Waals surface area contributed by atoms with E-state index < -0.39 is 10.0 Å². The standard InChI is InChI=1S/C20H24N2O4S/c1-15-10-11-18(26-2)19(14-15)27(24,25)21-17-9-5-4-8-16(17)20(23)22-12-6-3-7-13-22/h4-5,8-11,14,21H,3,6-7,12-13H2,1-2H3. The summed E-state index contributed by atoms with van der Waals surface area (Å²) in [5.41, 5.74) is 1.43. The van der Waals surface area contributed by atoms with Crippen LogP contribution in [0, 0.1) is 6.92 Å². The molecule has 1 N–H and O–H groups in total. The quantitative estimate of drug-likeness (QED) is 0.851. The summed E-state index contributed by atoms with van der Waals surface area (Å²) in [4.78, 5) is 14.7. The van der Waals surface area contributed by atoms with Gasteiger partial charge < -0.3 is 9.64 Å². The maximum absolute atomic E-state index is 13.0. The Kier molecular flexibility index (Phi) is 5.70. The van der Waals surface area contributed by atoms with Gasteiger partial charge in [0.25, 0.3) is 15.9 Å². The van der Waals surface area contributed by atoms with Gasteiger partial charge in [0.05, 0.1) is 18.4 Å². The number of benzene rings is 2. The largest absolute Gasteiger partial charge is 0.495 e. The molecule has 2 aromatic carbocycles. The van der Waals surface area contributed by atoms with Crippen molar-refractivity contribution < 1.29 is 17.9 Å². The van der Waals surface area contributed by atoms with Crippen molar-refractivity contribution >= 4 is 21.6 Å². The maximum Gasteiger partial charge on any atom is 0.265 e. The van der Waals surface area contributed by atoms with Gasteiger partial charge in [-0.05, 0) is 56.0 Å². The number of sulfonamides is 1. The molecule has 1 amide bonds. The minimum atomic E-state index is -3.91. The van der Waals surface area contributed by atoms with Gasteiger partial charge in [-0.15, -0.1) is 0 Å². The number of likely N-dealkylation sites (tertiary alicyclic amines) is 1. The Morgan fingerprint density at radius 2 is 1.78 bits per heavy atom. The maximum atomic E-state index is 13.0. The molecule has 6 nitrogen and oxygen atoms in total. The second kappa shape index (κ2) is 8.00. The number of carbonyl (C=O) groups is 1. The summed E-state index contributed by atoms with van der Waals surface area (Å²) in [6.45, 7) is 3.21. The number of para-hydroxylation sites is 1. The molecule has 0 aliphatic carbocycles. The van der Waals surface area contributed by atoms with E-state index >= 15 is 0 Å². The average molecular weight is 388 g/mol. The van der Waals surface area contributed by atoms with Crippen molar-refractivity contribution in [2.75, 3.05) is 24.9 Å². The number of rotatable bonds is 5. The van der Waals surface area contributed by atoms with Crippen LogP contribution < -0.4 is 9.46 Å². The zero-order valence-electron chi connectivity index (χ0n) is 15.6. The van der Waals surface area contributed by atoms with Gasteiger partial charge in [-0.2, -0.15) is 0 Å². The first kappa shape index (κ1) is 19.2. The minimum absolute atomic E-state index is 0.0465. The van der Waals surface area contributed by atoms with E-state index in [-0.39, 0.29) is 22.2 Å². The Bertz CT molecular complexity index is 935. The molecule has 0 spiro atoms. The van der Waals surface area contributed by atoms with Gasteiger partial charge in [0.2, 0.25) is 0 Å². The Morgan fingerprint density at radius 1 is 1.07 bits per heavy atom. The van der Waals surface area contributed by atoms with Crippen LogP contribution in [0.1, 0.15) is 35.2 Å². The highest BCUT2D eigenvalue weighted by atomic mass is 32.2. The summed E-state index contributed by atoms with van der Waals surface area (Å²) >= 11 is 0. The van der Waals surface area contributed by atoms with Crippen molar-refractivity contribution in [3.63, 3.8) is 0 Å². The fourth-order valence-corrected chi connectivity index (χ4v) is 4.55. The van der Waals surface area contributed by atoms with Gasteiger partial charge in [-0.3, -0.25) is 9.52 Å². The van der Waals surface area contributed by atoms with Crippen molar-refractivity contribution in [2.24, 2.45) is 0 Å². The summed E-state index contributed by atoms with van der Waals surface area (Å²) in [6, 6.07) is 11.7. The number of carbonyl (C=O) groups excluding carboxylic acids is 1. The van der Waals surface area contributed by atoms with Gasteiger partial charge in [-0.25, -0.2) is 8.42 Å². The molecule has 1 heterocycles. The number of nitrogens with one attached hydrogen (secondary N) is 1. The van der Waals surface area contributed by atoms with E-state index in [1.807, 2.05) is 6.92 Å². The van der Waals surface area contributed by atoms with Crippen molar-refractivity contribution in [3.05, 3.63) is 53.6 Å². The number of amides is 1. The van der Waals surface area contributed by atoms with E-state index in [1.165, 1.54) is 7.11 Å².